The van der Waals surface area contributed by atoms with Crippen molar-refractivity contribution < 1.29 is 33.4 Å². The van der Waals surface area contributed by atoms with E-state index < -0.39 is 34.9 Å². The molecule has 0 spiro atoms. The summed E-state index contributed by atoms with van der Waals surface area (Å²) in [6.45, 7) is -0.245. The van der Waals surface area contributed by atoms with Crippen LogP contribution < -0.4 is 0 Å². The van der Waals surface area contributed by atoms with E-state index in [1.165, 1.54) is 13.3 Å². The largest absolute Gasteiger partial charge is 0.461 e. The van der Waals surface area contributed by atoms with Crippen molar-refractivity contribution in [2.75, 3.05) is 13.7 Å². The standard InChI is InChI=1S/C45H36BrNO7/c1-51-47-29-41(53-44(49)38-25-19-35(20-26-38)32-13-7-3-8-14-32)42(54-45(50)39-27-21-36(22-28-39)33-15-9-4-10-16-33)40(46)30-52-43(48)37-23-17-34(18-24-37)31-11-5-2-6-12-31/h2-29,40-42H,30H2,1H3/b47-29+/t40-,41+,42+/m1/s1. The van der Waals surface area contributed by atoms with Gasteiger partial charge in [-0.15, -0.1) is 0 Å². The van der Waals surface area contributed by atoms with Crippen molar-refractivity contribution in [3.8, 4) is 33.4 Å². The van der Waals surface area contributed by atoms with Gasteiger partial charge < -0.3 is 19.0 Å². The van der Waals surface area contributed by atoms with Gasteiger partial charge in [0.25, 0.3) is 0 Å². The van der Waals surface area contributed by atoms with E-state index >= 15 is 0 Å². The molecule has 270 valence electrons. The molecule has 0 saturated carbocycles. The van der Waals surface area contributed by atoms with Gasteiger partial charge in [0, 0.05) is 0 Å². The summed E-state index contributed by atoms with van der Waals surface area (Å²) in [5.74, 6) is -1.96. The number of hydrogen-bond acceptors (Lipinski definition) is 8. The quantitative estimate of drug-likeness (QED) is 0.0357. The van der Waals surface area contributed by atoms with Crippen LogP contribution in [0.1, 0.15) is 31.1 Å². The van der Waals surface area contributed by atoms with Gasteiger partial charge in [-0.05, 0) is 69.8 Å². The summed E-state index contributed by atoms with van der Waals surface area (Å²) >= 11 is 3.56. The van der Waals surface area contributed by atoms with Crippen LogP contribution in [0.5, 0.6) is 0 Å². The molecule has 0 heterocycles. The summed E-state index contributed by atoms with van der Waals surface area (Å²) in [4.78, 5) is 44.4. The smallest absolute Gasteiger partial charge is 0.338 e. The van der Waals surface area contributed by atoms with Crippen LogP contribution in [-0.2, 0) is 19.0 Å². The van der Waals surface area contributed by atoms with Crippen LogP contribution in [0, 0.1) is 0 Å². The van der Waals surface area contributed by atoms with Gasteiger partial charge in [-0.1, -0.05) is 148 Å². The molecule has 0 aliphatic rings. The van der Waals surface area contributed by atoms with E-state index in [1.807, 2.05) is 127 Å². The molecule has 0 N–H and O–H groups in total. The maximum atomic E-state index is 13.7. The number of oxime groups is 1. The SMILES string of the molecule is CO/N=C/[C@H](OC(=O)c1ccc(-c2ccccc2)cc1)[C@@H](OC(=O)c1ccc(-c2ccccc2)cc1)[C@H](Br)COC(=O)c1ccc(-c2ccccc2)cc1. The minimum Gasteiger partial charge on any atom is -0.461 e. The predicted octanol–water partition coefficient (Wildman–Crippen LogP) is 9.69. The highest BCUT2D eigenvalue weighted by Crippen LogP contribution is 2.25. The van der Waals surface area contributed by atoms with Gasteiger partial charge in [0.2, 0.25) is 0 Å². The lowest BCUT2D eigenvalue weighted by molar-refractivity contribution is -0.0209. The zero-order valence-electron chi connectivity index (χ0n) is 29.3. The van der Waals surface area contributed by atoms with Crippen LogP contribution in [0.4, 0.5) is 0 Å². The van der Waals surface area contributed by atoms with Crippen molar-refractivity contribution in [1.29, 1.82) is 0 Å². The molecule has 6 aromatic rings. The second-order valence-electron chi connectivity index (χ2n) is 12.1. The summed E-state index contributed by atoms with van der Waals surface area (Å²) < 4.78 is 17.6. The normalized spacial score (nSPS) is 12.6. The molecule has 9 heteroatoms. The fourth-order valence-electron chi connectivity index (χ4n) is 5.65. The molecular formula is C45H36BrNO7. The van der Waals surface area contributed by atoms with E-state index in [-0.39, 0.29) is 17.7 Å². The van der Waals surface area contributed by atoms with Crippen molar-refractivity contribution in [1.82, 2.24) is 0 Å². The highest BCUT2D eigenvalue weighted by Gasteiger charge is 2.36. The summed E-state index contributed by atoms with van der Waals surface area (Å²) in [7, 11) is 1.34. The number of benzene rings is 6. The molecule has 0 aliphatic carbocycles. The first kappa shape index (κ1) is 37.4. The highest BCUT2D eigenvalue weighted by atomic mass is 79.9. The Bertz CT molecular complexity index is 2160. The van der Waals surface area contributed by atoms with Gasteiger partial charge >= 0.3 is 17.9 Å². The molecule has 0 fully saturated rings. The topological polar surface area (TPSA) is 100 Å². The lowest BCUT2D eigenvalue weighted by atomic mass is 10.0. The molecule has 6 rings (SSSR count). The molecular weight excluding hydrogens is 746 g/mol. The van der Waals surface area contributed by atoms with Gasteiger partial charge in [-0.25, -0.2) is 14.4 Å². The first-order valence-electron chi connectivity index (χ1n) is 17.2. The number of hydrogen-bond donors (Lipinski definition) is 0. The number of alkyl halides is 1. The van der Waals surface area contributed by atoms with Gasteiger partial charge in [-0.2, -0.15) is 0 Å². The molecule has 0 amide bonds. The van der Waals surface area contributed by atoms with Gasteiger partial charge in [-0.3, -0.25) is 0 Å². The lowest BCUT2D eigenvalue weighted by Gasteiger charge is -2.28. The molecule has 0 bridgehead atoms. The Kier molecular flexibility index (Phi) is 12.8. The van der Waals surface area contributed by atoms with E-state index in [9.17, 15) is 14.4 Å². The predicted molar refractivity (Wildman–Crippen MR) is 213 cm³/mol. The van der Waals surface area contributed by atoms with Gasteiger partial charge in [0.15, 0.2) is 12.2 Å². The monoisotopic (exact) mass is 781 g/mol. The third-order valence-electron chi connectivity index (χ3n) is 8.54. The van der Waals surface area contributed by atoms with Gasteiger partial charge in [0.1, 0.15) is 13.7 Å². The number of carbonyl (C=O) groups excluding carboxylic acids is 3. The van der Waals surface area contributed by atoms with Crippen LogP contribution in [-0.4, -0.2) is 54.9 Å². The number of nitrogens with zero attached hydrogens (tertiary/aromatic N) is 1. The number of halogens is 1. The van der Waals surface area contributed by atoms with Crippen molar-refractivity contribution >= 4 is 40.1 Å². The number of esters is 3. The van der Waals surface area contributed by atoms with Crippen molar-refractivity contribution in [3.05, 3.63) is 180 Å². The first-order chi connectivity index (χ1) is 26.4. The second-order valence-corrected chi connectivity index (χ2v) is 13.3. The fraction of sp³-hybridized carbons (Fsp3) is 0.111. The molecule has 54 heavy (non-hydrogen) atoms. The Morgan fingerprint density at radius 1 is 0.519 bits per heavy atom. The van der Waals surface area contributed by atoms with Crippen LogP contribution in [0.3, 0.4) is 0 Å². The molecule has 8 nitrogen and oxygen atoms in total. The van der Waals surface area contributed by atoms with E-state index in [4.69, 9.17) is 19.0 Å². The Labute approximate surface area is 322 Å². The minimum atomic E-state index is -1.26. The van der Waals surface area contributed by atoms with Crippen LogP contribution in [0.15, 0.2) is 169 Å². The maximum Gasteiger partial charge on any atom is 0.338 e. The number of ether oxygens (including phenoxy) is 3. The van der Waals surface area contributed by atoms with E-state index in [0.717, 1.165) is 33.4 Å². The van der Waals surface area contributed by atoms with Crippen LogP contribution >= 0.6 is 15.9 Å². The fourth-order valence-corrected chi connectivity index (χ4v) is 6.20. The molecule has 0 saturated heterocycles. The zero-order chi connectivity index (χ0) is 37.7. The molecule has 0 radical (unpaired) electrons. The third kappa shape index (κ3) is 9.76. The molecule has 6 aromatic carbocycles. The van der Waals surface area contributed by atoms with E-state index in [1.54, 1.807) is 36.4 Å². The Morgan fingerprint density at radius 2 is 0.870 bits per heavy atom. The summed E-state index contributed by atoms with van der Waals surface area (Å²) in [5, 5.41) is 3.86. The Balaban J connectivity index is 1.21. The van der Waals surface area contributed by atoms with E-state index in [0.29, 0.717) is 5.56 Å². The highest BCUT2D eigenvalue weighted by molar-refractivity contribution is 9.09. The lowest BCUT2D eigenvalue weighted by Crippen LogP contribution is -2.44. The van der Waals surface area contributed by atoms with Crippen molar-refractivity contribution in [3.63, 3.8) is 0 Å². The number of rotatable bonds is 14. The molecule has 0 unspecified atom stereocenters. The molecule has 3 atom stereocenters. The average Bonchev–Trinajstić information content (AvgIpc) is 3.24. The summed E-state index contributed by atoms with van der Waals surface area (Å²) in [5.41, 5.74) is 6.67. The summed E-state index contributed by atoms with van der Waals surface area (Å²) in [6, 6.07) is 50.2. The zero-order valence-corrected chi connectivity index (χ0v) is 30.9. The third-order valence-corrected chi connectivity index (χ3v) is 9.32. The van der Waals surface area contributed by atoms with E-state index in [2.05, 4.69) is 21.1 Å². The average molecular weight is 783 g/mol. The van der Waals surface area contributed by atoms with Crippen molar-refractivity contribution in [2.45, 2.75) is 17.0 Å². The Hall–Kier alpha value is -6.32. The second kappa shape index (κ2) is 18.4. The Morgan fingerprint density at radius 3 is 1.26 bits per heavy atom. The van der Waals surface area contributed by atoms with Crippen LogP contribution in [0.2, 0.25) is 0 Å². The molecule has 0 aromatic heterocycles. The number of carbonyl (C=O) groups is 3. The summed E-state index contributed by atoms with van der Waals surface area (Å²) in [6.07, 6.45) is -1.25. The van der Waals surface area contributed by atoms with Gasteiger partial charge in [0.05, 0.1) is 27.7 Å². The first-order valence-corrected chi connectivity index (χ1v) is 18.1. The van der Waals surface area contributed by atoms with Crippen LogP contribution in [0.25, 0.3) is 33.4 Å². The maximum absolute atomic E-state index is 13.7. The molecule has 0 aliphatic heterocycles. The van der Waals surface area contributed by atoms with Crippen molar-refractivity contribution in [2.24, 2.45) is 5.16 Å². The minimum absolute atomic E-state index is 0.245.